The molecular weight excluding hydrogens is 236 g/mol. The maximum Gasteiger partial charge on any atom is 0.251 e. The molecule has 3 nitrogen and oxygen atoms in total. The largest absolute Gasteiger partial charge is 0.398 e. The summed E-state index contributed by atoms with van der Waals surface area (Å²) in [6, 6.07) is 5.47. The Morgan fingerprint density at radius 2 is 2.11 bits per heavy atom. The second-order valence-corrected chi connectivity index (χ2v) is 5.15. The van der Waals surface area contributed by atoms with Crippen LogP contribution in [-0.4, -0.2) is 12.5 Å². The number of nitrogens with one attached hydrogen (secondary N) is 1. The average molecular weight is 262 g/mol. The number of nitrogen functional groups attached to an aromatic ring is 1. The van der Waals surface area contributed by atoms with Gasteiger partial charge >= 0.3 is 0 Å². The highest BCUT2D eigenvalue weighted by atomic mass is 16.1. The Morgan fingerprint density at radius 3 is 2.74 bits per heavy atom. The number of amides is 1. The molecule has 0 aliphatic rings. The fourth-order valence-electron chi connectivity index (χ4n) is 2.18. The normalized spacial score (nSPS) is 12.2. The molecule has 1 aromatic carbocycles. The van der Waals surface area contributed by atoms with Crippen LogP contribution in [0.25, 0.3) is 0 Å². The first-order valence-corrected chi connectivity index (χ1v) is 7.23. The van der Waals surface area contributed by atoms with Crippen molar-refractivity contribution < 1.29 is 4.79 Å². The quantitative estimate of drug-likeness (QED) is 0.739. The summed E-state index contributed by atoms with van der Waals surface area (Å²) in [6.07, 6.45) is 4.73. The van der Waals surface area contributed by atoms with Crippen molar-refractivity contribution >= 4 is 11.6 Å². The van der Waals surface area contributed by atoms with Gasteiger partial charge in [-0.25, -0.2) is 0 Å². The van der Waals surface area contributed by atoms with Crippen LogP contribution in [0.5, 0.6) is 0 Å². The molecule has 0 spiro atoms. The lowest BCUT2D eigenvalue weighted by Crippen LogP contribution is -2.29. The highest BCUT2D eigenvalue weighted by Crippen LogP contribution is 2.16. The van der Waals surface area contributed by atoms with E-state index in [4.69, 9.17) is 5.73 Å². The van der Waals surface area contributed by atoms with Gasteiger partial charge in [0.05, 0.1) is 0 Å². The van der Waals surface area contributed by atoms with Gasteiger partial charge in [-0.3, -0.25) is 4.79 Å². The molecule has 0 aliphatic heterocycles. The highest BCUT2D eigenvalue weighted by Gasteiger charge is 2.12. The number of anilines is 1. The molecule has 0 heterocycles. The molecule has 0 saturated carbocycles. The van der Waals surface area contributed by atoms with Crippen molar-refractivity contribution in [3.63, 3.8) is 0 Å². The standard InChI is InChI=1S/C16H26N2O/c1-4-6-8-13(5-2)11-18-16(19)14-9-7-10-15(17)12(14)3/h7,9-10,13H,4-6,8,11,17H2,1-3H3,(H,18,19). The summed E-state index contributed by atoms with van der Waals surface area (Å²) >= 11 is 0. The van der Waals surface area contributed by atoms with Crippen molar-refractivity contribution in [1.29, 1.82) is 0 Å². The van der Waals surface area contributed by atoms with Crippen molar-refractivity contribution in [2.45, 2.75) is 46.5 Å². The van der Waals surface area contributed by atoms with E-state index in [1.54, 1.807) is 0 Å². The molecule has 0 aromatic heterocycles. The predicted molar refractivity (Wildman–Crippen MR) is 81.2 cm³/mol. The first-order valence-electron chi connectivity index (χ1n) is 7.23. The van der Waals surface area contributed by atoms with Crippen LogP contribution in [-0.2, 0) is 0 Å². The van der Waals surface area contributed by atoms with Crippen LogP contribution in [0.4, 0.5) is 5.69 Å². The van der Waals surface area contributed by atoms with Crippen LogP contribution in [0.15, 0.2) is 18.2 Å². The lowest BCUT2D eigenvalue weighted by molar-refractivity contribution is 0.0945. The molecule has 0 radical (unpaired) electrons. The van der Waals surface area contributed by atoms with E-state index in [0.717, 1.165) is 18.5 Å². The molecule has 19 heavy (non-hydrogen) atoms. The van der Waals surface area contributed by atoms with Gasteiger partial charge in [0.25, 0.3) is 5.91 Å². The molecule has 3 N–H and O–H groups in total. The van der Waals surface area contributed by atoms with Crippen LogP contribution >= 0.6 is 0 Å². The topological polar surface area (TPSA) is 55.1 Å². The van der Waals surface area contributed by atoms with Crippen LogP contribution < -0.4 is 11.1 Å². The van der Waals surface area contributed by atoms with Gasteiger partial charge in [-0.2, -0.15) is 0 Å². The Balaban J connectivity index is 2.57. The predicted octanol–water partition coefficient (Wildman–Crippen LogP) is 3.52. The Bertz CT molecular complexity index is 415. The molecule has 0 aliphatic carbocycles. The van der Waals surface area contributed by atoms with Crippen molar-refractivity contribution in [3.8, 4) is 0 Å². The van der Waals surface area contributed by atoms with E-state index in [2.05, 4.69) is 19.2 Å². The van der Waals surface area contributed by atoms with Crippen LogP contribution in [0.2, 0.25) is 0 Å². The molecule has 0 bridgehead atoms. The molecule has 1 atom stereocenters. The third-order valence-corrected chi connectivity index (χ3v) is 3.71. The summed E-state index contributed by atoms with van der Waals surface area (Å²) < 4.78 is 0. The van der Waals surface area contributed by atoms with E-state index in [9.17, 15) is 4.79 Å². The summed E-state index contributed by atoms with van der Waals surface area (Å²) in [5, 5.41) is 3.03. The summed E-state index contributed by atoms with van der Waals surface area (Å²) in [5.41, 5.74) is 8.05. The number of hydrogen-bond acceptors (Lipinski definition) is 2. The number of carbonyl (C=O) groups excluding carboxylic acids is 1. The van der Waals surface area contributed by atoms with E-state index in [1.165, 1.54) is 19.3 Å². The maximum absolute atomic E-state index is 12.1. The molecule has 1 amide bonds. The van der Waals surface area contributed by atoms with Gasteiger partial charge < -0.3 is 11.1 Å². The minimum absolute atomic E-state index is 0.0141. The lowest BCUT2D eigenvalue weighted by atomic mass is 9.99. The summed E-state index contributed by atoms with van der Waals surface area (Å²) in [4.78, 5) is 12.1. The third kappa shape index (κ3) is 4.58. The SMILES string of the molecule is CCCCC(CC)CNC(=O)c1cccc(N)c1C. The smallest absolute Gasteiger partial charge is 0.251 e. The number of benzene rings is 1. The Labute approximate surface area is 116 Å². The van der Waals surface area contributed by atoms with E-state index in [-0.39, 0.29) is 5.91 Å². The number of hydrogen-bond donors (Lipinski definition) is 2. The van der Waals surface area contributed by atoms with E-state index >= 15 is 0 Å². The second kappa shape index (κ2) is 7.82. The average Bonchev–Trinajstić information content (AvgIpc) is 2.42. The fraction of sp³-hybridized carbons (Fsp3) is 0.562. The van der Waals surface area contributed by atoms with Gasteiger partial charge in [-0.15, -0.1) is 0 Å². The monoisotopic (exact) mass is 262 g/mol. The number of unbranched alkanes of at least 4 members (excludes halogenated alkanes) is 1. The Kier molecular flexibility index (Phi) is 6.40. The summed E-state index contributed by atoms with van der Waals surface area (Å²) in [7, 11) is 0. The van der Waals surface area contributed by atoms with Gasteiger partial charge in [0.1, 0.15) is 0 Å². The fourth-order valence-corrected chi connectivity index (χ4v) is 2.18. The molecule has 0 fully saturated rings. The van der Waals surface area contributed by atoms with Crippen LogP contribution in [0.1, 0.15) is 55.5 Å². The third-order valence-electron chi connectivity index (χ3n) is 3.71. The second-order valence-electron chi connectivity index (χ2n) is 5.15. The van der Waals surface area contributed by atoms with Gasteiger partial charge in [0, 0.05) is 17.8 Å². The van der Waals surface area contributed by atoms with Gasteiger partial charge in [-0.1, -0.05) is 39.2 Å². The molecular formula is C16H26N2O. The zero-order valence-corrected chi connectivity index (χ0v) is 12.3. The zero-order chi connectivity index (χ0) is 14.3. The first kappa shape index (κ1) is 15.5. The van der Waals surface area contributed by atoms with Crippen LogP contribution in [0.3, 0.4) is 0 Å². The van der Waals surface area contributed by atoms with Gasteiger partial charge in [0.2, 0.25) is 0 Å². The Hall–Kier alpha value is -1.51. The molecule has 106 valence electrons. The molecule has 1 rings (SSSR count). The Morgan fingerprint density at radius 1 is 1.37 bits per heavy atom. The number of rotatable bonds is 7. The summed E-state index contributed by atoms with van der Waals surface area (Å²) in [5.74, 6) is 0.560. The number of nitrogens with two attached hydrogens (primary N) is 1. The van der Waals surface area contributed by atoms with Crippen LogP contribution in [0, 0.1) is 12.8 Å². The molecule has 0 saturated heterocycles. The molecule has 1 unspecified atom stereocenters. The summed E-state index contributed by atoms with van der Waals surface area (Å²) in [6.45, 7) is 7.02. The van der Waals surface area contributed by atoms with E-state index < -0.39 is 0 Å². The van der Waals surface area contributed by atoms with Crippen molar-refractivity contribution in [2.75, 3.05) is 12.3 Å². The van der Waals surface area contributed by atoms with Crippen molar-refractivity contribution in [2.24, 2.45) is 5.92 Å². The zero-order valence-electron chi connectivity index (χ0n) is 12.3. The lowest BCUT2D eigenvalue weighted by Gasteiger charge is -2.16. The van der Waals surface area contributed by atoms with E-state index in [1.807, 2.05) is 25.1 Å². The van der Waals surface area contributed by atoms with Gasteiger partial charge in [-0.05, 0) is 37.0 Å². The minimum atomic E-state index is -0.0141. The molecule has 3 heteroatoms. The first-order chi connectivity index (χ1) is 9.10. The van der Waals surface area contributed by atoms with E-state index in [0.29, 0.717) is 17.2 Å². The number of carbonyl (C=O) groups is 1. The van der Waals surface area contributed by atoms with Crippen molar-refractivity contribution in [3.05, 3.63) is 29.3 Å². The highest BCUT2D eigenvalue weighted by molar-refractivity contribution is 5.96. The maximum atomic E-state index is 12.1. The minimum Gasteiger partial charge on any atom is -0.398 e. The van der Waals surface area contributed by atoms with Gasteiger partial charge in [0.15, 0.2) is 0 Å². The van der Waals surface area contributed by atoms with Crippen molar-refractivity contribution in [1.82, 2.24) is 5.32 Å². The molecule has 1 aromatic rings.